The summed E-state index contributed by atoms with van der Waals surface area (Å²) in [6, 6.07) is 14.8. The van der Waals surface area contributed by atoms with Crippen LogP contribution >= 0.6 is 11.5 Å². The summed E-state index contributed by atoms with van der Waals surface area (Å²) in [6.07, 6.45) is 1.73. The molecule has 0 fully saturated rings. The van der Waals surface area contributed by atoms with Crippen molar-refractivity contribution in [3.05, 3.63) is 76.4 Å². The number of pyridine rings is 1. The highest BCUT2D eigenvalue weighted by molar-refractivity contribution is 7.03. The lowest BCUT2D eigenvalue weighted by atomic mass is 9.96. The van der Waals surface area contributed by atoms with Crippen LogP contribution in [-0.2, 0) is 0 Å². The number of nitriles is 1. The van der Waals surface area contributed by atoms with Gasteiger partial charge in [0.1, 0.15) is 11.8 Å². The molecule has 0 aliphatic heterocycles. The third kappa shape index (κ3) is 3.61. The smallest absolute Gasteiger partial charge is 0.337 e. The summed E-state index contributed by atoms with van der Waals surface area (Å²) in [6.45, 7) is 3.96. The molecule has 2 heterocycles. The zero-order valence-electron chi connectivity index (χ0n) is 16.4. The number of nitrogens with zero attached hydrogens (tertiary/aromatic N) is 3. The lowest BCUT2D eigenvalue weighted by Crippen LogP contribution is -2.11. The number of aromatic nitrogens is 2. The fourth-order valence-corrected chi connectivity index (χ4v) is 4.09. The Morgan fingerprint density at radius 2 is 2.07 bits per heavy atom. The third-order valence-corrected chi connectivity index (χ3v) is 5.54. The van der Waals surface area contributed by atoms with E-state index in [9.17, 15) is 15.2 Å². The van der Waals surface area contributed by atoms with E-state index in [0.29, 0.717) is 11.4 Å². The van der Waals surface area contributed by atoms with Crippen LogP contribution in [-0.4, -0.2) is 20.4 Å². The Kier molecular flexibility index (Phi) is 5.17. The molecule has 4 aromatic rings. The molecular weight excluding hydrogens is 396 g/mol. The Bertz CT molecular complexity index is 1290. The number of fused-ring (bicyclic) bond motifs is 1. The summed E-state index contributed by atoms with van der Waals surface area (Å²) in [7, 11) is 0. The van der Waals surface area contributed by atoms with Gasteiger partial charge in [-0.2, -0.15) is 5.26 Å². The summed E-state index contributed by atoms with van der Waals surface area (Å²) >= 11 is 1.32. The van der Waals surface area contributed by atoms with E-state index in [1.165, 1.54) is 11.5 Å². The lowest BCUT2D eigenvalue weighted by molar-refractivity contribution is 0.0698. The molecule has 0 amide bonds. The van der Waals surface area contributed by atoms with Crippen molar-refractivity contribution in [3.63, 3.8) is 0 Å². The molecule has 2 aromatic heterocycles. The highest BCUT2D eigenvalue weighted by atomic mass is 32.1. The van der Waals surface area contributed by atoms with Gasteiger partial charge < -0.3 is 10.4 Å². The number of rotatable bonds is 5. The molecular formula is C23H18N4O2S. The summed E-state index contributed by atoms with van der Waals surface area (Å²) in [4.78, 5) is 16.2. The van der Waals surface area contributed by atoms with Gasteiger partial charge >= 0.3 is 5.97 Å². The lowest BCUT2D eigenvalue weighted by Gasteiger charge is -2.20. The number of carboxylic acids is 1. The topological polar surface area (TPSA) is 98.9 Å². The molecule has 0 radical (unpaired) electrons. The number of aromatic carboxylic acids is 1. The van der Waals surface area contributed by atoms with E-state index in [-0.39, 0.29) is 11.6 Å². The van der Waals surface area contributed by atoms with Gasteiger partial charge in [0.25, 0.3) is 0 Å². The molecule has 6 nitrogen and oxygen atoms in total. The second-order valence-corrected chi connectivity index (χ2v) is 7.70. The molecule has 0 unspecified atom stereocenters. The molecule has 1 atom stereocenters. The number of benzene rings is 2. The van der Waals surface area contributed by atoms with Crippen LogP contribution in [0, 0.1) is 18.3 Å². The van der Waals surface area contributed by atoms with Gasteiger partial charge in [0, 0.05) is 39.8 Å². The van der Waals surface area contributed by atoms with Gasteiger partial charge in [0.15, 0.2) is 0 Å². The van der Waals surface area contributed by atoms with E-state index >= 15 is 0 Å². The average Bonchev–Trinajstić information content (AvgIpc) is 3.27. The number of para-hydroxylation sites is 1. The van der Waals surface area contributed by atoms with Gasteiger partial charge in [0.05, 0.1) is 11.1 Å². The Hall–Kier alpha value is -3.76. The maximum atomic E-state index is 11.6. The van der Waals surface area contributed by atoms with E-state index in [2.05, 4.69) is 26.8 Å². The van der Waals surface area contributed by atoms with Crippen LogP contribution in [0.2, 0.25) is 0 Å². The monoisotopic (exact) mass is 414 g/mol. The fraction of sp³-hybridized carbons (Fsp3) is 0.130. The number of carbonyl (C=O) groups is 1. The first-order valence-electron chi connectivity index (χ1n) is 9.32. The van der Waals surface area contributed by atoms with Gasteiger partial charge in [-0.3, -0.25) is 0 Å². The number of hydrogen-bond donors (Lipinski definition) is 2. The Morgan fingerprint density at radius 3 is 2.77 bits per heavy atom. The van der Waals surface area contributed by atoms with Crippen LogP contribution < -0.4 is 5.32 Å². The Morgan fingerprint density at radius 1 is 1.27 bits per heavy atom. The first-order chi connectivity index (χ1) is 14.5. The molecule has 148 valence electrons. The number of anilines is 1. The van der Waals surface area contributed by atoms with Gasteiger partial charge in [-0.1, -0.05) is 18.2 Å². The summed E-state index contributed by atoms with van der Waals surface area (Å²) < 4.78 is 4.14. The molecule has 0 bridgehead atoms. The van der Waals surface area contributed by atoms with Crippen molar-refractivity contribution in [2.45, 2.75) is 19.9 Å². The predicted molar refractivity (Wildman–Crippen MR) is 118 cm³/mol. The second kappa shape index (κ2) is 7.93. The molecule has 0 aliphatic rings. The number of carboxylic acid groups (broad SMARTS) is 1. The van der Waals surface area contributed by atoms with Crippen LogP contribution in [0.15, 0.2) is 54.0 Å². The van der Waals surface area contributed by atoms with Crippen molar-refractivity contribution >= 4 is 34.1 Å². The van der Waals surface area contributed by atoms with Crippen molar-refractivity contribution in [2.75, 3.05) is 5.32 Å². The third-order valence-electron chi connectivity index (χ3n) is 4.96. The molecule has 0 saturated carbocycles. The average molecular weight is 414 g/mol. The molecule has 7 heteroatoms. The minimum absolute atomic E-state index is 0.184. The van der Waals surface area contributed by atoms with Crippen LogP contribution in [0.1, 0.15) is 40.1 Å². The standard InChI is InChI=1S/C23H18N4O2S/c1-13-7-17(14(2)26-20-6-4-3-5-16(20)23(28)29)19-9-18(15-11-25-30-12-15)22(10-24)27-21(19)8-13/h3-9,11-12,14,26H,1-2H3,(H,28,29)/t14-/m1/s1. The second-order valence-electron chi connectivity index (χ2n) is 7.05. The van der Waals surface area contributed by atoms with Gasteiger partial charge in [0.2, 0.25) is 0 Å². The minimum Gasteiger partial charge on any atom is -0.478 e. The van der Waals surface area contributed by atoms with Gasteiger partial charge in [-0.05, 0) is 60.8 Å². The van der Waals surface area contributed by atoms with E-state index < -0.39 is 5.97 Å². The summed E-state index contributed by atoms with van der Waals surface area (Å²) in [5.74, 6) is -0.980. The van der Waals surface area contributed by atoms with E-state index in [1.54, 1.807) is 30.5 Å². The van der Waals surface area contributed by atoms with Gasteiger partial charge in [-0.15, -0.1) is 0 Å². The Balaban J connectivity index is 1.85. The zero-order valence-corrected chi connectivity index (χ0v) is 17.2. The SMILES string of the molecule is Cc1cc([C@@H](C)Nc2ccccc2C(=O)O)c2cc(-c3cnsc3)c(C#N)nc2c1. The first kappa shape index (κ1) is 19.6. The Labute approximate surface area is 177 Å². The number of hydrogen-bond acceptors (Lipinski definition) is 6. The van der Waals surface area contributed by atoms with Crippen molar-refractivity contribution in [1.82, 2.24) is 9.36 Å². The minimum atomic E-state index is -0.980. The highest BCUT2D eigenvalue weighted by Crippen LogP contribution is 2.33. The van der Waals surface area contributed by atoms with E-state index in [4.69, 9.17) is 0 Å². The predicted octanol–water partition coefficient (Wildman–Crippen LogP) is 5.41. The van der Waals surface area contributed by atoms with Crippen LogP contribution in [0.4, 0.5) is 5.69 Å². The van der Waals surface area contributed by atoms with Crippen molar-refractivity contribution < 1.29 is 9.90 Å². The van der Waals surface area contributed by atoms with Crippen LogP contribution in [0.5, 0.6) is 0 Å². The molecule has 2 aromatic carbocycles. The number of aryl methyl sites for hydroxylation is 1. The maximum Gasteiger partial charge on any atom is 0.337 e. The van der Waals surface area contributed by atoms with Crippen molar-refractivity contribution in [2.24, 2.45) is 0 Å². The first-order valence-corrected chi connectivity index (χ1v) is 10.2. The van der Waals surface area contributed by atoms with E-state index in [0.717, 1.165) is 33.2 Å². The fourth-order valence-electron chi connectivity index (χ4n) is 3.56. The van der Waals surface area contributed by atoms with Crippen molar-refractivity contribution in [3.8, 4) is 17.2 Å². The maximum absolute atomic E-state index is 11.6. The van der Waals surface area contributed by atoms with E-state index in [1.807, 2.05) is 31.4 Å². The molecule has 2 N–H and O–H groups in total. The number of nitrogens with one attached hydrogen (secondary N) is 1. The van der Waals surface area contributed by atoms with Crippen LogP contribution in [0.3, 0.4) is 0 Å². The van der Waals surface area contributed by atoms with Crippen molar-refractivity contribution in [1.29, 1.82) is 5.26 Å². The molecule has 4 rings (SSSR count). The highest BCUT2D eigenvalue weighted by Gasteiger charge is 2.18. The molecule has 30 heavy (non-hydrogen) atoms. The zero-order chi connectivity index (χ0) is 21.3. The molecule has 0 spiro atoms. The summed E-state index contributed by atoms with van der Waals surface area (Å²) in [5.41, 5.74) is 5.44. The summed E-state index contributed by atoms with van der Waals surface area (Å²) in [5, 5.41) is 25.2. The quantitative estimate of drug-likeness (QED) is 0.453. The largest absolute Gasteiger partial charge is 0.478 e. The molecule has 0 saturated heterocycles. The van der Waals surface area contributed by atoms with Crippen LogP contribution in [0.25, 0.3) is 22.0 Å². The molecule has 0 aliphatic carbocycles. The van der Waals surface area contributed by atoms with Gasteiger partial charge in [-0.25, -0.2) is 14.2 Å². The normalized spacial score (nSPS) is 11.8.